The van der Waals surface area contributed by atoms with E-state index in [9.17, 15) is 10.1 Å². The molecule has 0 saturated heterocycles. The molecule has 2 aliphatic rings. The summed E-state index contributed by atoms with van der Waals surface area (Å²) >= 11 is 3.56. The number of non-ortho nitro benzene ring substituents is 1. The summed E-state index contributed by atoms with van der Waals surface area (Å²) in [5, 5.41) is 17.9. The van der Waals surface area contributed by atoms with Crippen molar-refractivity contribution in [1.29, 1.82) is 0 Å². The summed E-state index contributed by atoms with van der Waals surface area (Å²) in [6.07, 6.45) is 0.160. The summed E-state index contributed by atoms with van der Waals surface area (Å²) in [5.41, 5.74) is 3.68. The number of nitro benzene ring substituents is 1. The van der Waals surface area contributed by atoms with Crippen molar-refractivity contribution in [2.75, 3.05) is 14.2 Å². The van der Waals surface area contributed by atoms with Crippen LogP contribution in [0.1, 0.15) is 35.4 Å². The second-order valence-electron chi connectivity index (χ2n) is 7.72. The molecule has 0 radical (unpaired) electrons. The number of ether oxygens (including phenoxy) is 3. The topological polar surface area (TPSA) is 86.4 Å². The van der Waals surface area contributed by atoms with E-state index in [1.807, 2.05) is 41.4 Å². The Kier molecular flexibility index (Phi) is 5.41. The summed E-state index contributed by atoms with van der Waals surface area (Å²) in [7, 11) is 3.21. The van der Waals surface area contributed by atoms with Gasteiger partial charge in [-0.1, -0.05) is 15.9 Å². The van der Waals surface area contributed by atoms with Gasteiger partial charge in [0.25, 0.3) is 5.69 Å². The van der Waals surface area contributed by atoms with Crippen molar-refractivity contribution in [3.05, 3.63) is 91.9 Å². The average Bonchev–Trinajstić information content (AvgIpc) is 3.29. The fourth-order valence-corrected chi connectivity index (χ4v) is 4.61. The van der Waals surface area contributed by atoms with E-state index in [4.69, 9.17) is 19.3 Å². The Morgan fingerprint density at radius 3 is 2.52 bits per heavy atom. The molecule has 3 aromatic carbocycles. The van der Waals surface area contributed by atoms with Gasteiger partial charge in [0.2, 0.25) is 6.23 Å². The Morgan fingerprint density at radius 2 is 1.82 bits per heavy atom. The van der Waals surface area contributed by atoms with Crippen LogP contribution >= 0.6 is 15.9 Å². The van der Waals surface area contributed by atoms with E-state index in [1.54, 1.807) is 26.4 Å². The van der Waals surface area contributed by atoms with Gasteiger partial charge < -0.3 is 14.2 Å². The van der Waals surface area contributed by atoms with Gasteiger partial charge in [0.15, 0.2) is 11.5 Å². The van der Waals surface area contributed by atoms with Crippen molar-refractivity contribution in [2.24, 2.45) is 5.10 Å². The van der Waals surface area contributed by atoms with Crippen LogP contribution in [0.15, 0.2) is 70.2 Å². The van der Waals surface area contributed by atoms with Crippen LogP contribution in [0.5, 0.6) is 17.2 Å². The monoisotopic (exact) mass is 509 g/mol. The zero-order valence-electron chi connectivity index (χ0n) is 17.9. The molecule has 2 aliphatic heterocycles. The van der Waals surface area contributed by atoms with Crippen LogP contribution in [0.4, 0.5) is 5.69 Å². The minimum atomic E-state index is -0.512. The van der Waals surface area contributed by atoms with Crippen LogP contribution in [0, 0.1) is 10.1 Å². The van der Waals surface area contributed by atoms with Crippen molar-refractivity contribution < 1.29 is 19.1 Å². The highest BCUT2D eigenvalue weighted by Crippen LogP contribution is 2.48. The third-order valence-corrected chi connectivity index (χ3v) is 6.35. The highest BCUT2D eigenvalue weighted by Gasteiger charge is 2.41. The summed E-state index contributed by atoms with van der Waals surface area (Å²) in [6.45, 7) is 0. The maximum atomic E-state index is 11.1. The van der Waals surface area contributed by atoms with Crippen molar-refractivity contribution in [3.8, 4) is 17.2 Å². The van der Waals surface area contributed by atoms with E-state index in [-0.39, 0.29) is 11.7 Å². The van der Waals surface area contributed by atoms with Crippen molar-refractivity contribution in [2.45, 2.75) is 18.7 Å². The van der Waals surface area contributed by atoms with Crippen LogP contribution in [-0.2, 0) is 0 Å². The number of halogens is 1. The van der Waals surface area contributed by atoms with Gasteiger partial charge in [-0.2, -0.15) is 5.10 Å². The van der Waals surface area contributed by atoms with Crippen LogP contribution < -0.4 is 14.2 Å². The van der Waals surface area contributed by atoms with Gasteiger partial charge >= 0.3 is 0 Å². The number of hydrogen-bond acceptors (Lipinski definition) is 7. The van der Waals surface area contributed by atoms with Gasteiger partial charge in [-0.15, -0.1) is 0 Å². The molecular weight excluding hydrogens is 490 g/mol. The van der Waals surface area contributed by atoms with Crippen LogP contribution in [0.2, 0.25) is 0 Å². The fourth-order valence-electron chi connectivity index (χ4n) is 4.23. The summed E-state index contributed by atoms with van der Waals surface area (Å²) in [4.78, 5) is 10.7. The Morgan fingerprint density at radius 1 is 1.06 bits per heavy atom. The number of hydrogen-bond donors (Lipinski definition) is 0. The number of fused-ring (bicyclic) bond motifs is 3. The quantitative estimate of drug-likeness (QED) is 0.327. The first-order valence-electron chi connectivity index (χ1n) is 10.3. The van der Waals surface area contributed by atoms with Gasteiger partial charge in [0.05, 0.1) is 30.9 Å². The number of hydrazone groups is 1. The Hall–Kier alpha value is -3.59. The van der Waals surface area contributed by atoms with Crippen LogP contribution in [-0.4, -0.2) is 29.9 Å². The standard InChI is InChI=1S/C24H20BrN3O5/c1-31-22-9-5-15(11-23(22)32-2)19-13-20-18-12-16(25)6-10-21(18)33-24(27(20)26-19)14-3-7-17(8-4-14)28(29)30/h3-12,20,24H,13H2,1-2H3/t20-,24+/m1/s1. The molecule has 0 N–H and O–H groups in total. The summed E-state index contributed by atoms with van der Waals surface area (Å²) in [6, 6.07) is 18.0. The maximum Gasteiger partial charge on any atom is 0.269 e. The first-order valence-corrected chi connectivity index (χ1v) is 11.1. The molecule has 168 valence electrons. The molecule has 2 atom stereocenters. The maximum absolute atomic E-state index is 11.1. The first-order chi connectivity index (χ1) is 16.0. The lowest BCUT2D eigenvalue weighted by molar-refractivity contribution is -0.384. The van der Waals surface area contributed by atoms with Crippen LogP contribution in [0.25, 0.3) is 0 Å². The van der Waals surface area contributed by atoms with Gasteiger partial charge in [-0.3, -0.25) is 10.1 Å². The normalized spacial score (nSPS) is 18.6. The Balaban J connectivity index is 1.57. The lowest BCUT2D eigenvalue weighted by Gasteiger charge is -2.38. The molecule has 0 aromatic heterocycles. The predicted molar refractivity (Wildman–Crippen MR) is 126 cm³/mol. The number of methoxy groups -OCH3 is 2. The molecule has 8 nitrogen and oxygen atoms in total. The molecule has 0 fully saturated rings. The van der Waals surface area contributed by atoms with E-state index in [0.29, 0.717) is 17.9 Å². The molecule has 0 amide bonds. The SMILES string of the molecule is COc1ccc(C2=NN3[C@H](C2)c2cc(Br)ccc2O[C@H]3c2ccc([N+](=O)[O-])cc2)cc1OC. The third-order valence-electron chi connectivity index (χ3n) is 5.86. The van der Waals surface area contributed by atoms with Gasteiger partial charge in [-0.25, -0.2) is 5.01 Å². The molecule has 2 heterocycles. The molecule has 0 aliphatic carbocycles. The molecule has 0 unspecified atom stereocenters. The van der Waals surface area contributed by atoms with Crippen molar-refractivity contribution in [3.63, 3.8) is 0 Å². The number of nitrogens with zero attached hydrogens (tertiary/aromatic N) is 3. The Bertz CT molecular complexity index is 1260. The Labute approximate surface area is 198 Å². The minimum absolute atomic E-state index is 0.0337. The molecule has 0 saturated carbocycles. The van der Waals surface area contributed by atoms with E-state index in [0.717, 1.165) is 32.6 Å². The zero-order valence-corrected chi connectivity index (χ0v) is 19.5. The smallest absolute Gasteiger partial charge is 0.269 e. The van der Waals surface area contributed by atoms with E-state index >= 15 is 0 Å². The van der Waals surface area contributed by atoms with E-state index in [1.165, 1.54) is 12.1 Å². The average molecular weight is 510 g/mol. The van der Waals surface area contributed by atoms with Gasteiger partial charge in [-0.05, 0) is 48.5 Å². The molecule has 0 bridgehead atoms. The molecule has 9 heteroatoms. The second-order valence-corrected chi connectivity index (χ2v) is 8.63. The second kappa shape index (κ2) is 8.40. The van der Waals surface area contributed by atoms with Crippen molar-refractivity contribution in [1.82, 2.24) is 5.01 Å². The van der Waals surface area contributed by atoms with Crippen LogP contribution in [0.3, 0.4) is 0 Å². The van der Waals surface area contributed by atoms with E-state index < -0.39 is 11.2 Å². The minimum Gasteiger partial charge on any atom is -0.493 e. The molecule has 5 rings (SSSR count). The van der Waals surface area contributed by atoms with Gasteiger partial charge in [0, 0.05) is 39.7 Å². The highest BCUT2D eigenvalue weighted by molar-refractivity contribution is 9.10. The summed E-state index contributed by atoms with van der Waals surface area (Å²) < 4.78 is 18.1. The highest BCUT2D eigenvalue weighted by atomic mass is 79.9. The zero-order chi connectivity index (χ0) is 23.1. The lowest BCUT2D eigenvalue weighted by Crippen LogP contribution is -2.33. The number of rotatable bonds is 5. The van der Waals surface area contributed by atoms with Crippen molar-refractivity contribution >= 4 is 27.3 Å². The predicted octanol–water partition coefficient (Wildman–Crippen LogP) is 5.62. The molecule has 0 spiro atoms. The largest absolute Gasteiger partial charge is 0.493 e. The van der Waals surface area contributed by atoms with Gasteiger partial charge in [0.1, 0.15) is 5.75 Å². The lowest BCUT2D eigenvalue weighted by atomic mass is 9.95. The number of nitro groups is 1. The molecule has 33 heavy (non-hydrogen) atoms. The summed E-state index contributed by atoms with van der Waals surface area (Å²) in [5.74, 6) is 2.05. The molecule has 3 aromatic rings. The van der Waals surface area contributed by atoms with E-state index in [2.05, 4.69) is 15.9 Å². The first kappa shape index (κ1) is 21.3. The molecular formula is C24H20BrN3O5. The fraction of sp³-hybridized carbons (Fsp3) is 0.208. The third kappa shape index (κ3) is 3.78. The number of benzene rings is 3.